The van der Waals surface area contributed by atoms with Crippen LogP contribution in [-0.2, 0) is 4.74 Å². The van der Waals surface area contributed by atoms with Gasteiger partial charge in [0, 0.05) is 20.1 Å². The zero-order valence-electron chi connectivity index (χ0n) is 11.5. The van der Waals surface area contributed by atoms with Crippen LogP contribution >= 0.6 is 0 Å². The first-order valence-electron chi connectivity index (χ1n) is 6.24. The average molecular weight is 268 g/mol. The number of benzene rings is 1. The van der Waals surface area contributed by atoms with E-state index in [-0.39, 0.29) is 11.7 Å². The van der Waals surface area contributed by atoms with Crippen LogP contribution in [0.15, 0.2) is 18.2 Å². The summed E-state index contributed by atoms with van der Waals surface area (Å²) in [5, 5.41) is 8.95. The van der Waals surface area contributed by atoms with Crippen molar-refractivity contribution in [3.63, 3.8) is 0 Å². The first-order valence-corrected chi connectivity index (χ1v) is 6.24. The molecule has 0 heterocycles. The van der Waals surface area contributed by atoms with E-state index in [0.717, 1.165) is 6.42 Å². The number of ether oxygens (including phenoxy) is 3. The van der Waals surface area contributed by atoms with E-state index in [4.69, 9.17) is 19.3 Å². The summed E-state index contributed by atoms with van der Waals surface area (Å²) in [5.41, 5.74) is 0.181. The second kappa shape index (κ2) is 7.63. The summed E-state index contributed by atoms with van der Waals surface area (Å²) in [6.45, 7) is 4.83. The predicted molar refractivity (Wildman–Crippen MR) is 71.2 cm³/mol. The van der Waals surface area contributed by atoms with Crippen molar-refractivity contribution in [1.29, 1.82) is 0 Å². The molecule has 0 bridgehead atoms. The Morgan fingerprint density at radius 2 is 2.11 bits per heavy atom. The highest BCUT2D eigenvalue weighted by atomic mass is 16.5. The summed E-state index contributed by atoms with van der Waals surface area (Å²) in [6.07, 6.45) is 0.720. The predicted octanol–water partition coefficient (Wildman–Crippen LogP) is 2.59. The molecule has 0 fully saturated rings. The van der Waals surface area contributed by atoms with Gasteiger partial charge in [-0.3, -0.25) is 0 Å². The molecule has 0 amide bonds. The summed E-state index contributed by atoms with van der Waals surface area (Å²) in [6, 6.07) is 4.60. The summed E-state index contributed by atoms with van der Waals surface area (Å²) in [5.74, 6) is 0.0158. The molecule has 1 aromatic rings. The Labute approximate surface area is 113 Å². The smallest absolute Gasteiger partial charge is 0.335 e. The van der Waals surface area contributed by atoms with E-state index in [9.17, 15) is 4.79 Å². The van der Waals surface area contributed by atoms with Crippen molar-refractivity contribution in [2.45, 2.75) is 26.4 Å². The van der Waals surface area contributed by atoms with Crippen LogP contribution in [0.2, 0.25) is 0 Å². The molecule has 5 nitrogen and oxygen atoms in total. The zero-order valence-corrected chi connectivity index (χ0v) is 11.5. The number of aromatic carboxylic acids is 1. The van der Waals surface area contributed by atoms with E-state index < -0.39 is 5.97 Å². The minimum absolute atomic E-state index is 0.0326. The Morgan fingerprint density at radius 1 is 1.37 bits per heavy atom. The third-order valence-electron chi connectivity index (χ3n) is 2.55. The topological polar surface area (TPSA) is 65.0 Å². The Morgan fingerprint density at radius 3 is 2.68 bits per heavy atom. The third kappa shape index (κ3) is 4.79. The Kier molecular flexibility index (Phi) is 6.15. The van der Waals surface area contributed by atoms with Crippen LogP contribution in [0.1, 0.15) is 30.6 Å². The van der Waals surface area contributed by atoms with Gasteiger partial charge in [-0.15, -0.1) is 0 Å². The van der Waals surface area contributed by atoms with E-state index >= 15 is 0 Å². The third-order valence-corrected chi connectivity index (χ3v) is 2.55. The largest absolute Gasteiger partial charge is 0.490 e. The zero-order chi connectivity index (χ0) is 14.3. The molecule has 0 aliphatic carbocycles. The van der Waals surface area contributed by atoms with Crippen molar-refractivity contribution in [2.75, 3.05) is 20.3 Å². The van der Waals surface area contributed by atoms with E-state index in [0.29, 0.717) is 24.7 Å². The standard InChI is InChI=1S/C14H20O5/c1-4-18-13-9-11(14(15)16)5-6-12(13)19-10(2)7-8-17-3/h5-6,9-10H,4,7-8H2,1-3H3,(H,15,16). The lowest BCUT2D eigenvalue weighted by molar-refractivity contribution is 0.0696. The number of carbonyl (C=O) groups is 1. The van der Waals surface area contributed by atoms with Crippen molar-refractivity contribution < 1.29 is 24.1 Å². The Balaban J connectivity index is 2.83. The first-order chi connectivity index (χ1) is 9.08. The minimum atomic E-state index is -0.986. The number of hydrogen-bond donors (Lipinski definition) is 1. The lowest BCUT2D eigenvalue weighted by Gasteiger charge is -2.17. The Bertz CT molecular complexity index is 416. The van der Waals surface area contributed by atoms with Crippen LogP contribution in [0.4, 0.5) is 0 Å². The van der Waals surface area contributed by atoms with Crippen molar-refractivity contribution >= 4 is 5.97 Å². The van der Waals surface area contributed by atoms with Crippen LogP contribution in [0.5, 0.6) is 11.5 Å². The van der Waals surface area contributed by atoms with E-state index in [2.05, 4.69) is 0 Å². The molecule has 0 saturated carbocycles. The minimum Gasteiger partial charge on any atom is -0.490 e. The maximum Gasteiger partial charge on any atom is 0.335 e. The number of rotatable bonds is 8. The fourth-order valence-corrected chi connectivity index (χ4v) is 1.57. The summed E-state index contributed by atoms with van der Waals surface area (Å²) >= 11 is 0. The summed E-state index contributed by atoms with van der Waals surface area (Å²) < 4.78 is 16.1. The average Bonchev–Trinajstić information content (AvgIpc) is 2.38. The van der Waals surface area contributed by atoms with Crippen molar-refractivity contribution in [1.82, 2.24) is 0 Å². The number of hydrogen-bond acceptors (Lipinski definition) is 4. The van der Waals surface area contributed by atoms with Gasteiger partial charge in [0.1, 0.15) is 0 Å². The SMILES string of the molecule is CCOc1cc(C(=O)O)ccc1OC(C)CCOC. The molecule has 1 atom stereocenters. The van der Waals surface area contributed by atoms with Gasteiger partial charge in [-0.25, -0.2) is 4.79 Å². The molecule has 0 radical (unpaired) electrons. The van der Waals surface area contributed by atoms with Gasteiger partial charge in [0.05, 0.1) is 18.3 Å². The molecule has 1 N–H and O–H groups in total. The van der Waals surface area contributed by atoms with Gasteiger partial charge in [-0.05, 0) is 32.0 Å². The van der Waals surface area contributed by atoms with Gasteiger partial charge >= 0.3 is 5.97 Å². The molecule has 1 rings (SSSR count). The van der Waals surface area contributed by atoms with Crippen molar-refractivity contribution in [2.24, 2.45) is 0 Å². The van der Waals surface area contributed by atoms with E-state index in [1.54, 1.807) is 13.2 Å². The number of carboxylic acid groups (broad SMARTS) is 1. The maximum absolute atomic E-state index is 10.9. The van der Waals surface area contributed by atoms with Gasteiger partial charge in [0.15, 0.2) is 11.5 Å². The first kappa shape index (κ1) is 15.3. The normalized spacial score (nSPS) is 11.9. The highest BCUT2D eigenvalue weighted by molar-refractivity contribution is 5.88. The van der Waals surface area contributed by atoms with Crippen LogP contribution in [0, 0.1) is 0 Å². The molecule has 5 heteroatoms. The van der Waals surface area contributed by atoms with Crippen LogP contribution in [0.3, 0.4) is 0 Å². The van der Waals surface area contributed by atoms with Gasteiger partial charge in [0.25, 0.3) is 0 Å². The number of methoxy groups -OCH3 is 1. The van der Waals surface area contributed by atoms with E-state index in [1.807, 2.05) is 13.8 Å². The molecule has 1 aromatic carbocycles. The molecule has 0 saturated heterocycles. The van der Waals surface area contributed by atoms with Crippen LogP contribution < -0.4 is 9.47 Å². The number of carboxylic acids is 1. The van der Waals surface area contributed by atoms with Gasteiger partial charge in [-0.2, -0.15) is 0 Å². The highest BCUT2D eigenvalue weighted by Crippen LogP contribution is 2.29. The summed E-state index contributed by atoms with van der Waals surface area (Å²) in [7, 11) is 1.64. The van der Waals surface area contributed by atoms with E-state index in [1.165, 1.54) is 12.1 Å². The molecule has 19 heavy (non-hydrogen) atoms. The van der Waals surface area contributed by atoms with Crippen LogP contribution in [0.25, 0.3) is 0 Å². The molecular formula is C14H20O5. The fraction of sp³-hybridized carbons (Fsp3) is 0.500. The molecule has 106 valence electrons. The molecular weight excluding hydrogens is 248 g/mol. The monoisotopic (exact) mass is 268 g/mol. The van der Waals surface area contributed by atoms with Gasteiger partial charge < -0.3 is 19.3 Å². The van der Waals surface area contributed by atoms with Gasteiger partial charge in [-0.1, -0.05) is 0 Å². The van der Waals surface area contributed by atoms with Gasteiger partial charge in [0.2, 0.25) is 0 Å². The second-order valence-corrected chi connectivity index (χ2v) is 4.11. The summed E-state index contributed by atoms with van der Waals surface area (Å²) in [4.78, 5) is 10.9. The molecule has 0 aromatic heterocycles. The highest BCUT2D eigenvalue weighted by Gasteiger charge is 2.13. The second-order valence-electron chi connectivity index (χ2n) is 4.11. The van der Waals surface area contributed by atoms with Crippen LogP contribution in [-0.4, -0.2) is 37.5 Å². The van der Waals surface area contributed by atoms with Crippen molar-refractivity contribution in [3.8, 4) is 11.5 Å². The molecule has 0 aliphatic heterocycles. The lowest BCUT2D eigenvalue weighted by Crippen LogP contribution is -2.15. The van der Waals surface area contributed by atoms with Crippen molar-refractivity contribution in [3.05, 3.63) is 23.8 Å². The quantitative estimate of drug-likeness (QED) is 0.785. The molecule has 0 aliphatic rings. The molecule has 1 unspecified atom stereocenters. The fourth-order valence-electron chi connectivity index (χ4n) is 1.57. The maximum atomic E-state index is 10.9. The Hall–Kier alpha value is -1.75. The lowest BCUT2D eigenvalue weighted by atomic mass is 10.2. The molecule has 0 spiro atoms.